The lowest BCUT2D eigenvalue weighted by Crippen LogP contribution is -2.01. The van der Waals surface area contributed by atoms with Crippen LogP contribution in [0.5, 0.6) is 5.75 Å². The fourth-order valence-corrected chi connectivity index (χ4v) is 2.44. The maximum atomic E-state index is 11.0. The van der Waals surface area contributed by atoms with E-state index in [9.17, 15) is 10.1 Å². The van der Waals surface area contributed by atoms with Crippen LogP contribution < -0.4 is 10.1 Å². The number of rotatable bonds is 5. The first kappa shape index (κ1) is 15.3. The zero-order valence-electron chi connectivity index (χ0n) is 11.7. The van der Waals surface area contributed by atoms with E-state index in [0.717, 1.165) is 21.3 Å². The number of nitro groups is 1. The van der Waals surface area contributed by atoms with Crippen LogP contribution in [0.25, 0.3) is 0 Å². The van der Waals surface area contributed by atoms with Gasteiger partial charge in [-0.1, -0.05) is 22.0 Å². The maximum Gasteiger partial charge on any atom is 0.292 e. The van der Waals surface area contributed by atoms with Crippen molar-refractivity contribution in [1.82, 2.24) is 0 Å². The zero-order chi connectivity index (χ0) is 15.4. The van der Waals surface area contributed by atoms with Crippen LogP contribution in [-0.4, -0.2) is 12.0 Å². The Hall–Kier alpha value is -2.08. The Morgan fingerprint density at radius 2 is 2.05 bits per heavy atom. The van der Waals surface area contributed by atoms with Crippen molar-refractivity contribution in [1.29, 1.82) is 0 Å². The maximum absolute atomic E-state index is 11.0. The molecule has 2 rings (SSSR count). The van der Waals surface area contributed by atoms with Crippen molar-refractivity contribution in [3.05, 3.63) is 62.1 Å². The molecule has 5 nitrogen and oxygen atoms in total. The molecule has 0 fully saturated rings. The molecule has 0 aliphatic carbocycles. The molecule has 0 aromatic heterocycles. The molecule has 0 aliphatic heterocycles. The molecule has 110 valence electrons. The number of nitro benzene ring substituents is 1. The van der Waals surface area contributed by atoms with Crippen molar-refractivity contribution in [2.24, 2.45) is 0 Å². The van der Waals surface area contributed by atoms with Crippen LogP contribution in [0.2, 0.25) is 0 Å². The van der Waals surface area contributed by atoms with Gasteiger partial charge in [-0.2, -0.15) is 0 Å². The molecule has 0 aliphatic rings. The van der Waals surface area contributed by atoms with Gasteiger partial charge in [-0.3, -0.25) is 10.1 Å². The average molecular weight is 351 g/mol. The molecule has 0 amide bonds. The lowest BCUT2D eigenvalue weighted by atomic mass is 10.2. The second kappa shape index (κ2) is 6.58. The van der Waals surface area contributed by atoms with Gasteiger partial charge in [0.05, 0.1) is 4.92 Å². The quantitative estimate of drug-likeness (QED) is 0.645. The molecule has 0 spiro atoms. The van der Waals surface area contributed by atoms with Gasteiger partial charge in [-0.05, 0) is 42.3 Å². The molecule has 0 bridgehead atoms. The highest BCUT2D eigenvalue weighted by Crippen LogP contribution is 2.27. The normalized spacial score (nSPS) is 10.2. The van der Waals surface area contributed by atoms with Crippen molar-refractivity contribution in [2.75, 3.05) is 12.4 Å². The van der Waals surface area contributed by atoms with Crippen LogP contribution in [0, 0.1) is 17.0 Å². The number of halogens is 1. The first-order valence-electron chi connectivity index (χ1n) is 6.35. The number of anilines is 1. The summed E-state index contributed by atoms with van der Waals surface area (Å²) in [6.45, 7) is 2.24. The second-order valence-corrected chi connectivity index (χ2v) is 5.47. The zero-order valence-corrected chi connectivity index (χ0v) is 13.3. The van der Waals surface area contributed by atoms with Gasteiger partial charge < -0.3 is 10.1 Å². The number of ether oxygens (including phenoxy) is 1. The van der Waals surface area contributed by atoms with Gasteiger partial charge in [0.25, 0.3) is 5.69 Å². The lowest BCUT2D eigenvalue weighted by Gasteiger charge is -2.10. The third kappa shape index (κ3) is 3.72. The van der Waals surface area contributed by atoms with Crippen molar-refractivity contribution < 1.29 is 9.66 Å². The van der Waals surface area contributed by atoms with Crippen LogP contribution in [0.4, 0.5) is 11.4 Å². The highest BCUT2D eigenvalue weighted by Gasteiger charge is 2.13. The number of hydrogen-bond acceptors (Lipinski definition) is 4. The smallest absolute Gasteiger partial charge is 0.292 e. The van der Waals surface area contributed by atoms with Gasteiger partial charge in [0.15, 0.2) is 0 Å². The standard InChI is InChI=1S/C15H15BrN2O3/c1-10-7-12(16)4-6-15(10)21-9-11-3-5-13(17-2)14(8-11)18(19)20/h3-8,17H,9H2,1-2H3. The number of hydrogen-bond donors (Lipinski definition) is 1. The number of nitrogens with zero attached hydrogens (tertiary/aromatic N) is 1. The van der Waals surface area contributed by atoms with Crippen LogP contribution in [0.15, 0.2) is 40.9 Å². The van der Waals surface area contributed by atoms with E-state index in [-0.39, 0.29) is 12.3 Å². The molecule has 0 saturated carbocycles. The highest BCUT2D eigenvalue weighted by atomic mass is 79.9. The van der Waals surface area contributed by atoms with E-state index >= 15 is 0 Å². The predicted molar refractivity (Wildman–Crippen MR) is 85.9 cm³/mol. The molecule has 0 radical (unpaired) electrons. The molecule has 0 saturated heterocycles. The Morgan fingerprint density at radius 1 is 1.29 bits per heavy atom. The lowest BCUT2D eigenvalue weighted by molar-refractivity contribution is -0.384. The van der Waals surface area contributed by atoms with Crippen molar-refractivity contribution in [3.8, 4) is 5.75 Å². The van der Waals surface area contributed by atoms with E-state index in [1.54, 1.807) is 13.1 Å². The topological polar surface area (TPSA) is 64.4 Å². The number of aryl methyl sites for hydroxylation is 1. The Kier molecular flexibility index (Phi) is 4.80. The van der Waals surface area contributed by atoms with Crippen molar-refractivity contribution in [3.63, 3.8) is 0 Å². The highest BCUT2D eigenvalue weighted by molar-refractivity contribution is 9.10. The minimum absolute atomic E-state index is 0.0473. The molecule has 2 aromatic rings. The molecular formula is C15H15BrN2O3. The summed E-state index contributed by atoms with van der Waals surface area (Å²) in [5, 5.41) is 13.8. The summed E-state index contributed by atoms with van der Waals surface area (Å²) in [5.74, 6) is 0.763. The van der Waals surface area contributed by atoms with Crippen LogP contribution in [-0.2, 0) is 6.61 Å². The number of benzene rings is 2. The van der Waals surface area contributed by atoms with Crippen LogP contribution in [0.3, 0.4) is 0 Å². The van der Waals surface area contributed by atoms with Gasteiger partial charge in [0.1, 0.15) is 18.0 Å². The molecule has 0 heterocycles. The van der Waals surface area contributed by atoms with E-state index < -0.39 is 4.92 Å². The molecule has 1 N–H and O–H groups in total. The average Bonchev–Trinajstić information content (AvgIpc) is 2.46. The first-order chi connectivity index (χ1) is 10.0. The van der Waals surface area contributed by atoms with Gasteiger partial charge in [0.2, 0.25) is 0 Å². The summed E-state index contributed by atoms with van der Waals surface area (Å²) < 4.78 is 6.71. The van der Waals surface area contributed by atoms with Crippen LogP contribution >= 0.6 is 15.9 Å². The molecule has 0 unspecified atom stereocenters. The van der Waals surface area contributed by atoms with E-state index in [0.29, 0.717) is 5.69 Å². The second-order valence-electron chi connectivity index (χ2n) is 4.56. The van der Waals surface area contributed by atoms with Gasteiger partial charge in [0, 0.05) is 17.6 Å². The van der Waals surface area contributed by atoms with Gasteiger partial charge in [-0.25, -0.2) is 0 Å². The van der Waals surface area contributed by atoms with E-state index in [1.165, 1.54) is 6.07 Å². The third-order valence-electron chi connectivity index (χ3n) is 3.06. The van der Waals surface area contributed by atoms with E-state index in [4.69, 9.17) is 4.74 Å². The van der Waals surface area contributed by atoms with E-state index in [2.05, 4.69) is 21.2 Å². The minimum atomic E-state index is -0.403. The fraction of sp³-hybridized carbons (Fsp3) is 0.200. The Morgan fingerprint density at radius 3 is 2.67 bits per heavy atom. The van der Waals surface area contributed by atoms with Crippen molar-refractivity contribution in [2.45, 2.75) is 13.5 Å². The molecule has 2 aromatic carbocycles. The predicted octanol–water partition coefficient (Wildman–Crippen LogP) is 4.29. The molecular weight excluding hydrogens is 336 g/mol. The molecule has 21 heavy (non-hydrogen) atoms. The Balaban J connectivity index is 2.16. The SMILES string of the molecule is CNc1ccc(COc2ccc(Br)cc2C)cc1[N+](=O)[O-]. The first-order valence-corrected chi connectivity index (χ1v) is 7.14. The summed E-state index contributed by atoms with van der Waals surface area (Å²) in [6, 6.07) is 10.8. The van der Waals surface area contributed by atoms with Gasteiger partial charge in [-0.15, -0.1) is 0 Å². The molecule has 0 atom stereocenters. The summed E-state index contributed by atoms with van der Waals surface area (Å²) in [7, 11) is 1.66. The van der Waals surface area contributed by atoms with Crippen LogP contribution in [0.1, 0.15) is 11.1 Å². The summed E-state index contributed by atoms with van der Waals surface area (Å²) in [6.07, 6.45) is 0. The summed E-state index contributed by atoms with van der Waals surface area (Å²) in [5.41, 5.74) is 2.29. The molecule has 6 heteroatoms. The largest absolute Gasteiger partial charge is 0.489 e. The Labute approximate surface area is 131 Å². The summed E-state index contributed by atoms with van der Waals surface area (Å²) in [4.78, 5) is 10.6. The van der Waals surface area contributed by atoms with Gasteiger partial charge >= 0.3 is 0 Å². The third-order valence-corrected chi connectivity index (χ3v) is 3.55. The number of nitrogens with one attached hydrogen (secondary N) is 1. The van der Waals surface area contributed by atoms with E-state index in [1.807, 2.05) is 31.2 Å². The monoisotopic (exact) mass is 350 g/mol. The van der Waals surface area contributed by atoms with Crippen molar-refractivity contribution >= 4 is 27.3 Å². The minimum Gasteiger partial charge on any atom is -0.489 e. The summed E-state index contributed by atoms with van der Waals surface area (Å²) >= 11 is 3.40. The fourth-order valence-electron chi connectivity index (χ4n) is 1.97. The Bertz CT molecular complexity index is 674.